The Morgan fingerprint density at radius 1 is 1.39 bits per heavy atom. The number of carboxylic acids is 1. The molecule has 102 valence electrons. The molecular weight excluding hydrogens is 234 g/mol. The number of hydrogen-bond donors (Lipinski definition) is 2. The van der Waals surface area contributed by atoms with Crippen LogP contribution in [0.4, 0.5) is 0 Å². The number of amides is 1. The van der Waals surface area contributed by atoms with E-state index in [-0.39, 0.29) is 30.0 Å². The van der Waals surface area contributed by atoms with E-state index in [9.17, 15) is 9.59 Å². The van der Waals surface area contributed by atoms with Crippen LogP contribution in [0.2, 0.25) is 0 Å². The fourth-order valence-corrected chi connectivity index (χ4v) is 2.80. The second-order valence-electron chi connectivity index (χ2n) is 5.65. The first-order valence-corrected chi connectivity index (χ1v) is 6.66. The third-order valence-corrected chi connectivity index (χ3v) is 4.10. The molecule has 1 saturated carbocycles. The van der Waals surface area contributed by atoms with Gasteiger partial charge in [0.15, 0.2) is 0 Å². The molecule has 1 saturated heterocycles. The van der Waals surface area contributed by atoms with Crippen LogP contribution in [0.15, 0.2) is 0 Å². The lowest BCUT2D eigenvalue weighted by Gasteiger charge is -2.41. The van der Waals surface area contributed by atoms with E-state index in [1.165, 1.54) is 0 Å². The van der Waals surface area contributed by atoms with Crippen molar-refractivity contribution in [1.29, 1.82) is 0 Å². The molecule has 0 spiro atoms. The van der Waals surface area contributed by atoms with Gasteiger partial charge in [-0.3, -0.25) is 9.59 Å². The molecule has 5 heteroatoms. The van der Waals surface area contributed by atoms with Crippen LogP contribution in [0.5, 0.6) is 0 Å². The molecule has 2 atom stereocenters. The van der Waals surface area contributed by atoms with Crippen molar-refractivity contribution in [3.05, 3.63) is 0 Å². The maximum Gasteiger partial charge on any atom is 0.303 e. The highest BCUT2D eigenvalue weighted by atomic mass is 16.5. The maximum atomic E-state index is 11.9. The van der Waals surface area contributed by atoms with Gasteiger partial charge in [-0.25, -0.2) is 0 Å². The first-order chi connectivity index (χ1) is 8.51. The van der Waals surface area contributed by atoms with E-state index < -0.39 is 5.97 Å². The molecule has 0 aromatic carbocycles. The van der Waals surface area contributed by atoms with Crippen LogP contribution in [0, 0.1) is 5.41 Å². The van der Waals surface area contributed by atoms with Crippen LogP contribution in [0.1, 0.15) is 45.4 Å². The van der Waals surface area contributed by atoms with Gasteiger partial charge in [0, 0.05) is 6.54 Å². The van der Waals surface area contributed by atoms with Crippen LogP contribution in [0.25, 0.3) is 0 Å². The summed E-state index contributed by atoms with van der Waals surface area (Å²) >= 11 is 0. The number of carbonyl (C=O) groups excluding carboxylic acids is 1. The Kier molecular flexibility index (Phi) is 3.90. The molecule has 0 radical (unpaired) electrons. The van der Waals surface area contributed by atoms with Crippen LogP contribution in [-0.4, -0.2) is 35.7 Å². The topological polar surface area (TPSA) is 75.6 Å². The molecule has 5 nitrogen and oxygen atoms in total. The molecule has 2 rings (SSSR count). The minimum absolute atomic E-state index is 0.0870. The summed E-state index contributed by atoms with van der Waals surface area (Å²) < 4.78 is 5.49. The Hall–Kier alpha value is -1.10. The van der Waals surface area contributed by atoms with Gasteiger partial charge in [0.25, 0.3) is 0 Å². The molecule has 0 aromatic rings. The van der Waals surface area contributed by atoms with Crippen molar-refractivity contribution < 1.29 is 19.4 Å². The highest BCUT2D eigenvalue weighted by molar-refractivity contribution is 5.81. The minimum Gasteiger partial charge on any atom is -0.481 e. The van der Waals surface area contributed by atoms with Crippen LogP contribution in [0.3, 0.4) is 0 Å². The highest BCUT2D eigenvalue weighted by Crippen LogP contribution is 2.43. The van der Waals surface area contributed by atoms with E-state index in [1.807, 2.05) is 6.92 Å². The van der Waals surface area contributed by atoms with Crippen molar-refractivity contribution >= 4 is 11.9 Å². The van der Waals surface area contributed by atoms with Gasteiger partial charge >= 0.3 is 5.97 Å². The quantitative estimate of drug-likeness (QED) is 0.776. The zero-order valence-electron chi connectivity index (χ0n) is 10.8. The van der Waals surface area contributed by atoms with E-state index in [4.69, 9.17) is 9.84 Å². The van der Waals surface area contributed by atoms with Crippen molar-refractivity contribution in [3.63, 3.8) is 0 Å². The van der Waals surface area contributed by atoms with E-state index in [2.05, 4.69) is 5.32 Å². The summed E-state index contributed by atoms with van der Waals surface area (Å²) in [5.74, 6) is -0.870. The SMILES string of the molecule is CC1CCC(C(=O)NCC2(CC(=O)O)CCC2)O1. The van der Waals surface area contributed by atoms with Crippen molar-refractivity contribution in [2.75, 3.05) is 6.54 Å². The summed E-state index contributed by atoms with van der Waals surface area (Å²) in [6, 6.07) is 0. The molecule has 1 aliphatic heterocycles. The monoisotopic (exact) mass is 255 g/mol. The zero-order valence-corrected chi connectivity index (χ0v) is 10.8. The average molecular weight is 255 g/mol. The minimum atomic E-state index is -0.783. The van der Waals surface area contributed by atoms with Crippen LogP contribution >= 0.6 is 0 Å². The van der Waals surface area contributed by atoms with Gasteiger partial charge < -0.3 is 15.2 Å². The number of carboxylic acid groups (broad SMARTS) is 1. The molecule has 1 aliphatic carbocycles. The molecule has 1 heterocycles. The Labute approximate surface area is 107 Å². The largest absolute Gasteiger partial charge is 0.481 e. The molecule has 2 N–H and O–H groups in total. The van der Waals surface area contributed by atoms with E-state index in [0.717, 1.165) is 32.1 Å². The third kappa shape index (κ3) is 3.02. The lowest BCUT2D eigenvalue weighted by molar-refractivity contribution is -0.142. The fraction of sp³-hybridized carbons (Fsp3) is 0.846. The Morgan fingerprint density at radius 2 is 2.11 bits per heavy atom. The number of nitrogens with one attached hydrogen (secondary N) is 1. The van der Waals surface area contributed by atoms with Gasteiger partial charge in [0.2, 0.25) is 5.91 Å². The number of aliphatic carboxylic acids is 1. The number of carbonyl (C=O) groups is 2. The number of hydrogen-bond acceptors (Lipinski definition) is 3. The van der Waals surface area contributed by atoms with Gasteiger partial charge in [-0.15, -0.1) is 0 Å². The fourth-order valence-electron chi connectivity index (χ4n) is 2.80. The lowest BCUT2D eigenvalue weighted by atomic mass is 9.66. The van der Waals surface area contributed by atoms with E-state index in [1.54, 1.807) is 0 Å². The van der Waals surface area contributed by atoms with Crippen molar-refractivity contribution in [1.82, 2.24) is 5.32 Å². The van der Waals surface area contributed by atoms with Gasteiger partial charge in [-0.1, -0.05) is 6.42 Å². The van der Waals surface area contributed by atoms with Crippen molar-refractivity contribution in [2.24, 2.45) is 5.41 Å². The molecule has 2 fully saturated rings. The summed E-state index contributed by atoms with van der Waals surface area (Å²) in [6.07, 6.45) is 4.47. The van der Waals surface area contributed by atoms with Crippen LogP contribution < -0.4 is 5.32 Å². The predicted octanol–water partition coefficient (Wildman–Crippen LogP) is 1.32. The Balaban J connectivity index is 1.79. The van der Waals surface area contributed by atoms with Gasteiger partial charge in [-0.2, -0.15) is 0 Å². The molecule has 0 aromatic heterocycles. The molecule has 2 aliphatic rings. The molecule has 2 unspecified atom stereocenters. The molecule has 1 amide bonds. The highest BCUT2D eigenvalue weighted by Gasteiger charge is 2.40. The van der Waals surface area contributed by atoms with E-state index >= 15 is 0 Å². The number of rotatable bonds is 5. The van der Waals surface area contributed by atoms with Gasteiger partial charge in [-0.05, 0) is 38.0 Å². The normalized spacial score (nSPS) is 29.6. The second-order valence-corrected chi connectivity index (χ2v) is 5.65. The first kappa shape index (κ1) is 13.3. The summed E-state index contributed by atoms with van der Waals surface area (Å²) in [5.41, 5.74) is -0.217. The average Bonchev–Trinajstić information content (AvgIpc) is 2.68. The molecule has 18 heavy (non-hydrogen) atoms. The molecule has 0 bridgehead atoms. The zero-order chi connectivity index (χ0) is 13.2. The van der Waals surface area contributed by atoms with Crippen LogP contribution in [-0.2, 0) is 14.3 Å². The van der Waals surface area contributed by atoms with E-state index in [0.29, 0.717) is 6.54 Å². The molecular formula is C13H21NO4. The Morgan fingerprint density at radius 3 is 2.56 bits per heavy atom. The standard InChI is InChI=1S/C13H21NO4/c1-9-3-4-10(18-9)12(17)14-8-13(5-2-6-13)7-11(15)16/h9-10H,2-8H2,1H3,(H,14,17)(H,15,16). The van der Waals surface area contributed by atoms with Crippen molar-refractivity contribution in [2.45, 2.75) is 57.7 Å². The summed E-state index contributed by atoms with van der Waals surface area (Å²) in [7, 11) is 0. The maximum absolute atomic E-state index is 11.9. The summed E-state index contributed by atoms with van der Waals surface area (Å²) in [5, 5.41) is 11.8. The lowest BCUT2D eigenvalue weighted by Crippen LogP contribution is -2.46. The van der Waals surface area contributed by atoms with Gasteiger partial charge in [0.1, 0.15) is 6.10 Å². The summed E-state index contributed by atoms with van der Waals surface area (Å²) in [4.78, 5) is 22.7. The number of ether oxygens (including phenoxy) is 1. The predicted molar refractivity (Wildman–Crippen MR) is 65.1 cm³/mol. The first-order valence-electron chi connectivity index (χ1n) is 6.66. The summed E-state index contributed by atoms with van der Waals surface area (Å²) in [6.45, 7) is 2.43. The van der Waals surface area contributed by atoms with Gasteiger partial charge in [0.05, 0.1) is 12.5 Å². The third-order valence-electron chi connectivity index (χ3n) is 4.10. The smallest absolute Gasteiger partial charge is 0.303 e. The Bertz CT molecular complexity index is 338. The second kappa shape index (κ2) is 5.26. The van der Waals surface area contributed by atoms with Crippen molar-refractivity contribution in [3.8, 4) is 0 Å².